The average molecular weight is 353 g/mol. The van der Waals surface area contributed by atoms with E-state index in [0.29, 0.717) is 12.5 Å². The van der Waals surface area contributed by atoms with Gasteiger partial charge >= 0.3 is 0 Å². The number of carbonyl (C=O) groups excluding carboxylic acids is 1. The minimum absolute atomic E-state index is 0.139. The number of ether oxygens (including phenoxy) is 2. The topological polar surface area (TPSA) is 47.6 Å². The van der Waals surface area contributed by atoms with Crippen LogP contribution in [0.3, 0.4) is 0 Å². The third kappa shape index (κ3) is 4.78. The van der Waals surface area contributed by atoms with Crippen LogP contribution in [0.15, 0.2) is 48.5 Å². The van der Waals surface area contributed by atoms with Crippen molar-refractivity contribution in [3.63, 3.8) is 0 Å². The number of carbonyl (C=O) groups is 1. The first-order valence-electron chi connectivity index (χ1n) is 9.45. The molecule has 0 aromatic heterocycles. The molecule has 26 heavy (non-hydrogen) atoms. The number of hydrogen-bond donors (Lipinski definition) is 1. The Bertz CT molecular complexity index is 720. The molecule has 1 aliphatic rings. The highest BCUT2D eigenvalue weighted by molar-refractivity contribution is 5.94. The molecule has 1 saturated carbocycles. The SMILES string of the molecule is CC[C@H](Oc1ccccc1C)C(=O)Nc1ccc(OC2CCCC2)cc1. The zero-order chi connectivity index (χ0) is 18.4. The Labute approximate surface area is 155 Å². The summed E-state index contributed by atoms with van der Waals surface area (Å²) in [5.74, 6) is 1.47. The fourth-order valence-corrected chi connectivity index (χ4v) is 3.20. The molecule has 0 heterocycles. The first-order chi connectivity index (χ1) is 12.7. The molecule has 0 saturated heterocycles. The molecule has 1 atom stereocenters. The molecular formula is C22H27NO3. The fourth-order valence-electron chi connectivity index (χ4n) is 3.20. The molecule has 0 unspecified atom stereocenters. The first kappa shape index (κ1) is 18.3. The smallest absolute Gasteiger partial charge is 0.265 e. The predicted molar refractivity (Wildman–Crippen MR) is 104 cm³/mol. The predicted octanol–water partition coefficient (Wildman–Crippen LogP) is 5.11. The Balaban J connectivity index is 1.58. The van der Waals surface area contributed by atoms with E-state index in [1.165, 1.54) is 12.8 Å². The van der Waals surface area contributed by atoms with Gasteiger partial charge in [-0.1, -0.05) is 25.1 Å². The molecule has 1 amide bonds. The lowest BCUT2D eigenvalue weighted by Crippen LogP contribution is -2.32. The van der Waals surface area contributed by atoms with Crippen molar-refractivity contribution in [3.05, 3.63) is 54.1 Å². The van der Waals surface area contributed by atoms with Crippen LogP contribution in [0.1, 0.15) is 44.6 Å². The summed E-state index contributed by atoms with van der Waals surface area (Å²) in [4.78, 5) is 12.6. The third-order valence-corrected chi connectivity index (χ3v) is 4.75. The molecule has 0 bridgehead atoms. The Kier molecular flexibility index (Phi) is 6.16. The molecule has 4 heteroatoms. The van der Waals surface area contributed by atoms with Crippen LogP contribution in [0.5, 0.6) is 11.5 Å². The van der Waals surface area contributed by atoms with Crippen molar-refractivity contribution in [3.8, 4) is 11.5 Å². The summed E-state index contributed by atoms with van der Waals surface area (Å²) in [6.45, 7) is 3.92. The summed E-state index contributed by atoms with van der Waals surface area (Å²) in [6, 6.07) is 15.3. The maximum Gasteiger partial charge on any atom is 0.265 e. The van der Waals surface area contributed by atoms with Crippen LogP contribution in [0.2, 0.25) is 0 Å². The van der Waals surface area contributed by atoms with Crippen molar-refractivity contribution in [1.82, 2.24) is 0 Å². The molecule has 1 aliphatic carbocycles. The van der Waals surface area contributed by atoms with E-state index in [-0.39, 0.29) is 5.91 Å². The van der Waals surface area contributed by atoms with Gasteiger partial charge in [-0.3, -0.25) is 4.79 Å². The van der Waals surface area contributed by atoms with Gasteiger partial charge in [-0.15, -0.1) is 0 Å². The number of benzene rings is 2. The molecule has 138 valence electrons. The second-order valence-corrected chi connectivity index (χ2v) is 6.82. The largest absolute Gasteiger partial charge is 0.490 e. The van der Waals surface area contributed by atoms with Gasteiger partial charge in [0.15, 0.2) is 6.10 Å². The van der Waals surface area contributed by atoms with Crippen LogP contribution in [0.25, 0.3) is 0 Å². The van der Waals surface area contributed by atoms with Crippen molar-refractivity contribution in [1.29, 1.82) is 0 Å². The molecule has 2 aromatic carbocycles. The summed E-state index contributed by atoms with van der Waals surface area (Å²) >= 11 is 0. The van der Waals surface area contributed by atoms with Gasteiger partial charge in [0.1, 0.15) is 11.5 Å². The van der Waals surface area contributed by atoms with Gasteiger partial charge < -0.3 is 14.8 Å². The normalized spacial score (nSPS) is 15.5. The highest BCUT2D eigenvalue weighted by atomic mass is 16.5. The monoisotopic (exact) mass is 353 g/mol. The van der Waals surface area contributed by atoms with E-state index in [1.807, 2.05) is 62.4 Å². The Morgan fingerprint density at radius 3 is 2.46 bits per heavy atom. The number of nitrogens with one attached hydrogen (secondary N) is 1. The summed E-state index contributed by atoms with van der Waals surface area (Å²) < 4.78 is 11.9. The number of amides is 1. The lowest BCUT2D eigenvalue weighted by atomic mass is 10.2. The molecule has 1 N–H and O–H groups in total. The highest BCUT2D eigenvalue weighted by Crippen LogP contribution is 2.25. The van der Waals surface area contributed by atoms with E-state index in [4.69, 9.17) is 9.47 Å². The lowest BCUT2D eigenvalue weighted by molar-refractivity contribution is -0.122. The van der Waals surface area contributed by atoms with Crippen LogP contribution in [-0.2, 0) is 4.79 Å². The molecule has 0 radical (unpaired) electrons. The van der Waals surface area contributed by atoms with E-state index in [2.05, 4.69) is 5.32 Å². The first-order valence-corrected chi connectivity index (χ1v) is 9.45. The van der Waals surface area contributed by atoms with Crippen LogP contribution >= 0.6 is 0 Å². The van der Waals surface area contributed by atoms with Gasteiger partial charge in [0.2, 0.25) is 0 Å². The lowest BCUT2D eigenvalue weighted by Gasteiger charge is -2.19. The summed E-state index contributed by atoms with van der Waals surface area (Å²) in [5.41, 5.74) is 1.77. The fraction of sp³-hybridized carbons (Fsp3) is 0.409. The molecule has 1 fully saturated rings. The standard InChI is InChI=1S/C22H27NO3/c1-3-20(26-21-11-7-4-8-16(21)2)22(24)23-17-12-14-19(15-13-17)25-18-9-5-6-10-18/h4,7-8,11-15,18,20H,3,5-6,9-10H2,1-2H3,(H,23,24)/t20-/m0/s1. The molecular weight excluding hydrogens is 326 g/mol. The maximum atomic E-state index is 12.6. The average Bonchev–Trinajstić information content (AvgIpc) is 3.15. The highest BCUT2D eigenvalue weighted by Gasteiger charge is 2.20. The van der Waals surface area contributed by atoms with Crippen molar-refractivity contribution >= 4 is 11.6 Å². The Morgan fingerprint density at radius 2 is 1.81 bits per heavy atom. The summed E-state index contributed by atoms with van der Waals surface area (Å²) in [7, 11) is 0. The quantitative estimate of drug-likeness (QED) is 0.752. The number of aryl methyl sites for hydroxylation is 1. The second-order valence-electron chi connectivity index (χ2n) is 6.82. The Hall–Kier alpha value is -2.49. The number of para-hydroxylation sites is 1. The van der Waals surface area contributed by atoms with Crippen molar-refractivity contribution in [2.24, 2.45) is 0 Å². The summed E-state index contributed by atoms with van der Waals surface area (Å²) in [5, 5.41) is 2.93. The zero-order valence-corrected chi connectivity index (χ0v) is 15.5. The van der Waals surface area contributed by atoms with Gasteiger partial charge in [-0.2, -0.15) is 0 Å². The van der Waals surface area contributed by atoms with Crippen molar-refractivity contribution in [2.45, 2.75) is 58.2 Å². The van der Waals surface area contributed by atoms with E-state index in [1.54, 1.807) is 0 Å². The Morgan fingerprint density at radius 1 is 1.12 bits per heavy atom. The molecule has 0 aliphatic heterocycles. The van der Waals surface area contributed by atoms with E-state index in [0.717, 1.165) is 35.6 Å². The molecule has 0 spiro atoms. The van der Waals surface area contributed by atoms with Crippen LogP contribution in [0.4, 0.5) is 5.69 Å². The van der Waals surface area contributed by atoms with Gasteiger partial charge in [-0.25, -0.2) is 0 Å². The van der Waals surface area contributed by atoms with Crippen LogP contribution in [0, 0.1) is 6.92 Å². The number of hydrogen-bond acceptors (Lipinski definition) is 3. The zero-order valence-electron chi connectivity index (χ0n) is 15.5. The molecule has 2 aromatic rings. The van der Waals surface area contributed by atoms with E-state index >= 15 is 0 Å². The second kappa shape index (κ2) is 8.75. The minimum Gasteiger partial charge on any atom is -0.490 e. The van der Waals surface area contributed by atoms with Gasteiger partial charge in [0, 0.05) is 5.69 Å². The van der Waals surface area contributed by atoms with Gasteiger partial charge in [0.05, 0.1) is 6.10 Å². The van der Waals surface area contributed by atoms with E-state index < -0.39 is 6.10 Å². The minimum atomic E-state index is -0.523. The third-order valence-electron chi connectivity index (χ3n) is 4.75. The maximum absolute atomic E-state index is 12.6. The van der Waals surface area contributed by atoms with Gasteiger partial charge in [0.25, 0.3) is 5.91 Å². The van der Waals surface area contributed by atoms with E-state index in [9.17, 15) is 4.79 Å². The summed E-state index contributed by atoms with van der Waals surface area (Å²) in [6.07, 6.45) is 5.17. The molecule has 3 rings (SSSR count). The van der Waals surface area contributed by atoms with Crippen LogP contribution < -0.4 is 14.8 Å². The van der Waals surface area contributed by atoms with Crippen LogP contribution in [-0.4, -0.2) is 18.1 Å². The molecule has 4 nitrogen and oxygen atoms in total. The van der Waals surface area contributed by atoms with Crippen molar-refractivity contribution in [2.75, 3.05) is 5.32 Å². The van der Waals surface area contributed by atoms with Gasteiger partial charge in [-0.05, 0) is 74.9 Å². The number of rotatable bonds is 7. The number of anilines is 1. The van der Waals surface area contributed by atoms with Crippen molar-refractivity contribution < 1.29 is 14.3 Å².